The number of nitrogens with one attached hydrogen (secondary N) is 1. The molecule has 5 heteroatoms. The topological polar surface area (TPSA) is 52.2 Å². The molecule has 1 unspecified atom stereocenters. The van der Waals surface area contributed by atoms with E-state index in [1.807, 2.05) is 6.92 Å². The first-order valence-electron chi connectivity index (χ1n) is 6.11. The van der Waals surface area contributed by atoms with Crippen LogP contribution >= 0.6 is 0 Å². The smallest absolute Gasteiger partial charge is 0.252 e. The van der Waals surface area contributed by atoms with E-state index in [4.69, 9.17) is 0 Å². The second-order valence-electron chi connectivity index (χ2n) is 4.76. The van der Waals surface area contributed by atoms with Crippen LogP contribution in [-0.4, -0.2) is 48.1 Å². The highest BCUT2D eigenvalue weighted by atomic mass is 16.1. The second kappa shape index (κ2) is 4.87. The number of aromatic nitrogens is 2. The summed E-state index contributed by atoms with van der Waals surface area (Å²) in [4.78, 5) is 23.2. The maximum Gasteiger partial charge on any atom is 0.252 e. The SMILES string of the molecule is CCc1nc(N2CCC(N(C)C)C2)cc(=O)[nH]1. The molecule has 0 spiro atoms. The Hall–Kier alpha value is -1.36. The molecule has 1 aromatic heterocycles. The average molecular weight is 236 g/mol. The van der Waals surface area contributed by atoms with Gasteiger partial charge in [-0.2, -0.15) is 0 Å². The third kappa shape index (κ3) is 2.66. The molecule has 1 aliphatic heterocycles. The number of nitrogens with zero attached hydrogens (tertiary/aromatic N) is 3. The molecule has 17 heavy (non-hydrogen) atoms. The van der Waals surface area contributed by atoms with Crippen molar-refractivity contribution in [2.45, 2.75) is 25.8 Å². The minimum atomic E-state index is -0.0554. The molecule has 1 saturated heterocycles. The van der Waals surface area contributed by atoms with Crippen molar-refractivity contribution in [2.75, 3.05) is 32.1 Å². The molecule has 5 nitrogen and oxygen atoms in total. The Morgan fingerprint density at radius 3 is 2.94 bits per heavy atom. The van der Waals surface area contributed by atoms with Crippen molar-refractivity contribution in [2.24, 2.45) is 0 Å². The summed E-state index contributed by atoms with van der Waals surface area (Å²) >= 11 is 0. The van der Waals surface area contributed by atoms with Crippen molar-refractivity contribution in [3.63, 3.8) is 0 Å². The molecule has 0 amide bonds. The molecular formula is C12H20N4O. The van der Waals surface area contributed by atoms with Gasteiger partial charge in [-0.25, -0.2) is 4.98 Å². The Labute approximate surface area is 101 Å². The predicted octanol–water partition coefficient (Wildman–Crippen LogP) is 0.473. The maximum atomic E-state index is 11.5. The highest BCUT2D eigenvalue weighted by Crippen LogP contribution is 2.18. The fourth-order valence-electron chi connectivity index (χ4n) is 2.19. The molecule has 1 fully saturated rings. The first-order valence-corrected chi connectivity index (χ1v) is 6.11. The molecule has 0 saturated carbocycles. The summed E-state index contributed by atoms with van der Waals surface area (Å²) in [6, 6.07) is 2.15. The first-order chi connectivity index (χ1) is 8.10. The van der Waals surface area contributed by atoms with Crippen LogP contribution in [0.1, 0.15) is 19.2 Å². The molecule has 2 heterocycles. The summed E-state index contributed by atoms with van der Waals surface area (Å²) in [5.41, 5.74) is -0.0554. The first kappa shape index (κ1) is 12.1. The normalized spacial score (nSPS) is 20.2. The largest absolute Gasteiger partial charge is 0.355 e. The minimum Gasteiger partial charge on any atom is -0.355 e. The van der Waals surface area contributed by atoms with Crippen LogP contribution in [0.25, 0.3) is 0 Å². The molecule has 2 rings (SSSR count). The zero-order chi connectivity index (χ0) is 12.4. The molecule has 94 valence electrons. The Kier molecular flexibility index (Phi) is 3.47. The van der Waals surface area contributed by atoms with Crippen LogP contribution < -0.4 is 10.5 Å². The highest BCUT2D eigenvalue weighted by molar-refractivity contribution is 5.39. The third-order valence-electron chi connectivity index (χ3n) is 3.33. The van der Waals surface area contributed by atoms with Gasteiger partial charge in [-0.1, -0.05) is 6.92 Å². The van der Waals surface area contributed by atoms with Gasteiger partial charge in [0, 0.05) is 31.6 Å². The number of aromatic amines is 1. The number of H-pyrrole nitrogens is 1. The molecule has 1 N–H and O–H groups in total. The van der Waals surface area contributed by atoms with E-state index < -0.39 is 0 Å². The van der Waals surface area contributed by atoms with Crippen LogP contribution in [0.2, 0.25) is 0 Å². The van der Waals surface area contributed by atoms with Crippen LogP contribution in [0.5, 0.6) is 0 Å². The van der Waals surface area contributed by atoms with Gasteiger partial charge < -0.3 is 14.8 Å². The second-order valence-corrected chi connectivity index (χ2v) is 4.76. The summed E-state index contributed by atoms with van der Waals surface area (Å²) in [5, 5.41) is 0. The van der Waals surface area contributed by atoms with Crippen LogP contribution in [0.15, 0.2) is 10.9 Å². The van der Waals surface area contributed by atoms with Crippen LogP contribution in [0, 0.1) is 0 Å². The number of rotatable bonds is 3. The number of hydrogen-bond acceptors (Lipinski definition) is 4. The summed E-state index contributed by atoms with van der Waals surface area (Å²) in [6.07, 6.45) is 1.89. The molecule has 0 radical (unpaired) electrons. The lowest BCUT2D eigenvalue weighted by molar-refractivity contribution is 0.315. The van der Waals surface area contributed by atoms with E-state index in [0.29, 0.717) is 6.04 Å². The maximum absolute atomic E-state index is 11.5. The van der Waals surface area contributed by atoms with Gasteiger partial charge in [-0.05, 0) is 20.5 Å². The molecular weight excluding hydrogens is 216 g/mol. The monoisotopic (exact) mass is 236 g/mol. The standard InChI is InChI=1S/C12H20N4O/c1-4-10-13-11(7-12(17)14-10)16-6-5-9(8-16)15(2)3/h7,9H,4-6,8H2,1-3H3,(H,13,14,17). The Balaban J connectivity index is 2.18. The lowest BCUT2D eigenvalue weighted by atomic mass is 10.2. The van der Waals surface area contributed by atoms with Gasteiger partial charge in [-0.15, -0.1) is 0 Å². The van der Waals surface area contributed by atoms with Gasteiger partial charge in [0.25, 0.3) is 5.56 Å². The van der Waals surface area contributed by atoms with Gasteiger partial charge in [-0.3, -0.25) is 4.79 Å². The Bertz CT molecular complexity index is 440. The summed E-state index contributed by atoms with van der Waals surface area (Å²) in [7, 11) is 4.19. The highest BCUT2D eigenvalue weighted by Gasteiger charge is 2.25. The summed E-state index contributed by atoms with van der Waals surface area (Å²) < 4.78 is 0. The fraction of sp³-hybridized carbons (Fsp3) is 0.667. The van der Waals surface area contributed by atoms with Gasteiger partial charge in [0.15, 0.2) is 0 Å². The van der Waals surface area contributed by atoms with E-state index in [1.165, 1.54) is 0 Å². The minimum absolute atomic E-state index is 0.0554. The summed E-state index contributed by atoms with van der Waals surface area (Å²) in [6.45, 7) is 3.92. The van der Waals surface area contributed by atoms with Gasteiger partial charge in [0.1, 0.15) is 11.6 Å². The van der Waals surface area contributed by atoms with Gasteiger partial charge in [0.05, 0.1) is 0 Å². The van der Waals surface area contributed by atoms with Crippen molar-refractivity contribution in [3.8, 4) is 0 Å². The molecule has 1 atom stereocenters. The third-order valence-corrected chi connectivity index (χ3v) is 3.33. The molecule has 0 aliphatic carbocycles. The molecule has 0 bridgehead atoms. The van der Waals surface area contributed by atoms with E-state index in [9.17, 15) is 4.79 Å². The molecule has 1 aliphatic rings. The van der Waals surface area contributed by atoms with Gasteiger partial charge in [0.2, 0.25) is 0 Å². The summed E-state index contributed by atoms with van der Waals surface area (Å²) in [5.74, 6) is 1.58. The fourth-order valence-corrected chi connectivity index (χ4v) is 2.19. The van der Waals surface area contributed by atoms with Crippen molar-refractivity contribution in [1.29, 1.82) is 0 Å². The zero-order valence-electron chi connectivity index (χ0n) is 10.7. The number of hydrogen-bond donors (Lipinski definition) is 1. The average Bonchev–Trinajstić information content (AvgIpc) is 2.77. The van der Waals surface area contributed by atoms with E-state index in [0.717, 1.165) is 37.6 Å². The quantitative estimate of drug-likeness (QED) is 0.829. The van der Waals surface area contributed by atoms with Crippen LogP contribution in [0.3, 0.4) is 0 Å². The lowest BCUT2D eigenvalue weighted by Gasteiger charge is -2.21. The zero-order valence-corrected chi connectivity index (χ0v) is 10.7. The van der Waals surface area contributed by atoms with E-state index >= 15 is 0 Å². The predicted molar refractivity (Wildman–Crippen MR) is 68.5 cm³/mol. The molecule has 1 aromatic rings. The van der Waals surface area contributed by atoms with Crippen LogP contribution in [-0.2, 0) is 6.42 Å². The van der Waals surface area contributed by atoms with Crippen molar-refractivity contribution < 1.29 is 0 Å². The Morgan fingerprint density at radius 2 is 2.35 bits per heavy atom. The van der Waals surface area contributed by atoms with Crippen molar-refractivity contribution in [3.05, 3.63) is 22.2 Å². The van der Waals surface area contributed by atoms with Crippen molar-refractivity contribution in [1.82, 2.24) is 14.9 Å². The van der Waals surface area contributed by atoms with E-state index in [2.05, 4.69) is 33.9 Å². The number of aryl methyl sites for hydroxylation is 1. The Morgan fingerprint density at radius 1 is 1.59 bits per heavy atom. The van der Waals surface area contributed by atoms with Crippen LogP contribution in [0.4, 0.5) is 5.82 Å². The van der Waals surface area contributed by atoms with E-state index in [1.54, 1.807) is 6.07 Å². The van der Waals surface area contributed by atoms with E-state index in [-0.39, 0.29) is 5.56 Å². The molecule has 0 aromatic carbocycles. The number of likely N-dealkylation sites (N-methyl/N-ethyl adjacent to an activating group) is 1. The van der Waals surface area contributed by atoms with Gasteiger partial charge >= 0.3 is 0 Å². The number of anilines is 1. The van der Waals surface area contributed by atoms with Crippen molar-refractivity contribution >= 4 is 5.82 Å². The lowest BCUT2D eigenvalue weighted by Crippen LogP contribution is -2.32.